The van der Waals surface area contributed by atoms with Crippen molar-refractivity contribution in [3.05, 3.63) is 59.4 Å². The summed E-state index contributed by atoms with van der Waals surface area (Å²) in [7, 11) is 1.42. The molecule has 0 spiro atoms. The van der Waals surface area contributed by atoms with E-state index in [0.29, 0.717) is 24.3 Å². The fourth-order valence-corrected chi connectivity index (χ4v) is 2.98. The number of hydrogen-bond acceptors (Lipinski definition) is 4. The number of nitrogens with zero attached hydrogens (tertiary/aromatic N) is 1. The molecule has 2 N–H and O–H groups in total. The molecule has 2 aromatic carbocycles. The Morgan fingerprint density at radius 2 is 2.00 bits per heavy atom. The predicted molar refractivity (Wildman–Crippen MR) is 109 cm³/mol. The molecule has 0 aliphatic heterocycles. The first-order valence-corrected chi connectivity index (χ1v) is 9.74. The summed E-state index contributed by atoms with van der Waals surface area (Å²) >= 11 is 0. The van der Waals surface area contributed by atoms with Crippen LogP contribution in [0.25, 0.3) is 0 Å². The first-order chi connectivity index (χ1) is 14.0. The zero-order valence-corrected chi connectivity index (χ0v) is 16.7. The number of methoxy groups -OCH3 is 1. The van der Waals surface area contributed by atoms with Gasteiger partial charge in [-0.3, -0.25) is 14.5 Å². The van der Waals surface area contributed by atoms with Gasteiger partial charge in [0, 0.05) is 23.8 Å². The fourth-order valence-electron chi connectivity index (χ4n) is 2.98. The largest absolute Gasteiger partial charge is 0.494 e. The highest BCUT2D eigenvalue weighted by Gasteiger charge is 2.23. The number of anilines is 1. The lowest BCUT2D eigenvalue weighted by atomic mass is 10.2. The van der Waals surface area contributed by atoms with Gasteiger partial charge in [-0.1, -0.05) is 19.1 Å². The highest BCUT2D eigenvalue weighted by Crippen LogP contribution is 2.20. The minimum Gasteiger partial charge on any atom is -0.494 e. The highest BCUT2D eigenvalue weighted by atomic mass is 19.1. The van der Waals surface area contributed by atoms with Gasteiger partial charge in [-0.05, 0) is 55.3 Å². The number of ether oxygens (including phenoxy) is 1. The maximum absolute atomic E-state index is 13.9. The standard InChI is InChI=1S/C22H26FN3O3/c1-3-26(13-15-7-10-20(29-2)19(23)11-15)14-21(27)24-18-6-4-5-16(12-18)22(28)25-17-8-9-17/h4-7,10-12,17H,3,8-9,13-14H2,1-2H3,(H,24,27)(H,25,28). The number of hydrogen-bond donors (Lipinski definition) is 2. The van der Waals surface area contributed by atoms with Crippen LogP contribution in [0.3, 0.4) is 0 Å². The molecule has 0 heterocycles. The first kappa shape index (κ1) is 20.8. The number of carbonyl (C=O) groups excluding carboxylic acids is 2. The monoisotopic (exact) mass is 399 g/mol. The molecular formula is C22H26FN3O3. The average molecular weight is 399 g/mol. The summed E-state index contributed by atoms with van der Waals surface area (Å²) in [6.07, 6.45) is 2.04. The molecule has 0 saturated heterocycles. The average Bonchev–Trinajstić information content (AvgIpc) is 3.51. The Balaban J connectivity index is 1.57. The number of benzene rings is 2. The van der Waals surface area contributed by atoms with Gasteiger partial charge in [0.1, 0.15) is 0 Å². The molecule has 1 fully saturated rings. The third-order valence-corrected chi connectivity index (χ3v) is 4.76. The lowest BCUT2D eigenvalue weighted by Crippen LogP contribution is -2.33. The second-order valence-corrected chi connectivity index (χ2v) is 7.15. The summed E-state index contributed by atoms with van der Waals surface area (Å²) in [4.78, 5) is 26.5. The van der Waals surface area contributed by atoms with E-state index >= 15 is 0 Å². The van der Waals surface area contributed by atoms with E-state index in [2.05, 4.69) is 10.6 Å². The van der Waals surface area contributed by atoms with Crippen LogP contribution in [-0.2, 0) is 11.3 Å². The molecule has 3 rings (SSSR count). The van der Waals surface area contributed by atoms with Crippen LogP contribution in [0.15, 0.2) is 42.5 Å². The van der Waals surface area contributed by atoms with Gasteiger partial charge < -0.3 is 15.4 Å². The summed E-state index contributed by atoms with van der Waals surface area (Å²) in [5, 5.41) is 5.76. The lowest BCUT2D eigenvalue weighted by Gasteiger charge is -2.20. The number of carbonyl (C=O) groups is 2. The molecule has 2 aromatic rings. The maximum Gasteiger partial charge on any atom is 0.251 e. The molecule has 0 bridgehead atoms. The molecule has 0 aromatic heterocycles. The molecule has 2 amide bonds. The van der Waals surface area contributed by atoms with Gasteiger partial charge in [0.2, 0.25) is 5.91 Å². The Hall–Kier alpha value is -2.93. The molecule has 1 aliphatic carbocycles. The van der Waals surface area contributed by atoms with Crippen molar-refractivity contribution in [2.45, 2.75) is 32.4 Å². The molecule has 0 unspecified atom stereocenters. The molecular weight excluding hydrogens is 373 g/mol. The minimum atomic E-state index is -0.424. The van der Waals surface area contributed by atoms with E-state index in [-0.39, 0.29) is 30.2 Å². The number of halogens is 1. The van der Waals surface area contributed by atoms with Crippen LogP contribution in [-0.4, -0.2) is 43.0 Å². The zero-order valence-electron chi connectivity index (χ0n) is 16.7. The van der Waals surface area contributed by atoms with E-state index in [4.69, 9.17) is 4.74 Å². The van der Waals surface area contributed by atoms with Crippen LogP contribution in [0, 0.1) is 5.82 Å². The molecule has 7 heteroatoms. The summed E-state index contributed by atoms with van der Waals surface area (Å²) < 4.78 is 18.8. The van der Waals surface area contributed by atoms with Crippen molar-refractivity contribution in [2.75, 3.05) is 25.5 Å². The van der Waals surface area contributed by atoms with Crippen LogP contribution >= 0.6 is 0 Å². The van der Waals surface area contributed by atoms with Gasteiger partial charge in [0.15, 0.2) is 11.6 Å². The molecule has 0 radical (unpaired) electrons. The van der Waals surface area contributed by atoms with E-state index in [1.165, 1.54) is 13.2 Å². The maximum atomic E-state index is 13.9. The van der Waals surface area contributed by atoms with Gasteiger partial charge >= 0.3 is 0 Å². The van der Waals surface area contributed by atoms with E-state index in [0.717, 1.165) is 18.4 Å². The fraction of sp³-hybridized carbons (Fsp3) is 0.364. The lowest BCUT2D eigenvalue weighted by molar-refractivity contribution is -0.117. The normalized spacial score (nSPS) is 13.2. The molecule has 6 nitrogen and oxygen atoms in total. The van der Waals surface area contributed by atoms with Gasteiger partial charge in [0.25, 0.3) is 5.91 Å². The predicted octanol–water partition coefficient (Wildman–Crippen LogP) is 3.19. The Morgan fingerprint density at radius 1 is 1.21 bits per heavy atom. The van der Waals surface area contributed by atoms with Crippen molar-refractivity contribution >= 4 is 17.5 Å². The second kappa shape index (κ2) is 9.52. The first-order valence-electron chi connectivity index (χ1n) is 9.74. The summed E-state index contributed by atoms with van der Waals surface area (Å²) in [6, 6.07) is 12.0. The Labute approximate surface area is 170 Å². The van der Waals surface area contributed by atoms with Crippen LogP contribution in [0.4, 0.5) is 10.1 Å². The van der Waals surface area contributed by atoms with Gasteiger partial charge in [-0.25, -0.2) is 4.39 Å². The van der Waals surface area contributed by atoms with Crippen LogP contribution in [0.5, 0.6) is 5.75 Å². The number of amides is 2. The van der Waals surface area contributed by atoms with E-state index in [9.17, 15) is 14.0 Å². The van der Waals surface area contributed by atoms with Crippen LogP contribution in [0.2, 0.25) is 0 Å². The van der Waals surface area contributed by atoms with Crippen molar-refractivity contribution in [2.24, 2.45) is 0 Å². The molecule has 1 saturated carbocycles. The summed E-state index contributed by atoms with van der Waals surface area (Å²) in [6.45, 7) is 3.16. The molecule has 0 atom stereocenters. The van der Waals surface area contributed by atoms with E-state index < -0.39 is 5.82 Å². The summed E-state index contributed by atoms with van der Waals surface area (Å²) in [5.74, 6) is -0.548. The number of rotatable bonds is 9. The van der Waals surface area contributed by atoms with E-state index in [1.54, 1.807) is 36.4 Å². The summed E-state index contributed by atoms with van der Waals surface area (Å²) in [5.41, 5.74) is 1.86. The van der Waals surface area contributed by atoms with Crippen molar-refractivity contribution < 1.29 is 18.7 Å². The van der Waals surface area contributed by atoms with Gasteiger partial charge in [0.05, 0.1) is 13.7 Å². The van der Waals surface area contributed by atoms with Gasteiger partial charge in [-0.2, -0.15) is 0 Å². The Kier molecular flexibility index (Phi) is 6.82. The second-order valence-electron chi connectivity index (χ2n) is 7.15. The Bertz CT molecular complexity index is 883. The third kappa shape index (κ3) is 6.02. The molecule has 154 valence electrons. The number of likely N-dealkylation sites (N-methyl/N-ethyl adjacent to an activating group) is 1. The van der Waals surface area contributed by atoms with Crippen molar-refractivity contribution in [3.63, 3.8) is 0 Å². The third-order valence-electron chi connectivity index (χ3n) is 4.76. The van der Waals surface area contributed by atoms with Crippen LogP contribution < -0.4 is 15.4 Å². The van der Waals surface area contributed by atoms with Crippen molar-refractivity contribution in [1.82, 2.24) is 10.2 Å². The molecule has 1 aliphatic rings. The van der Waals surface area contributed by atoms with Crippen molar-refractivity contribution in [3.8, 4) is 5.75 Å². The Morgan fingerprint density at radius 3 is 2.66 bits per heavy atom. The minimum absolute atomic E-state index is 0.125. The zero-order chi connectivity index (χ0) is 20.8. The SMILES string of the molecule is CCN(CC(=O)Nc1cccc(C(=O)NC2CC2)c1)Cc1ccc(OC)c(F)c1. The quantitative estimate of drug-likeness (QED) is 0.679. The smallest absolute Gasteiger partial charge is 0.251 e. The molecule has 29 heavy (non-hydrogen) atoms. The van der Waals surface area contributed by atoms with Crippen LogP contribution in [0.1, 0.15) is 35.7 Å². The van der Waals surface area contributed by atoms with Crippen molar-refractivity contribution in [1.29, 1.82) is 0 Å². The number of nitrogens with one attached hydrogen (secondary N) is 2. The highest BCUT2D eigenvalue weighted by molar-refractivity contribution is 5.97. The van der Waals surface area contributed by atoms with Gasteiger partial charge in [-0.15, -0.1) is 0 Å². The van der Waals surface area contributed by atoms with E-state index in [1.807, 2.05) is 11.8 Å². The topological polar surface area (TPSA) is 70.7 Å².